The maximum atomic E-state index is 12.1. The lowest BCUT2D eigenvalue weighted by Crippen LogP contribution is -2.38. The van der Waals surface area contributed by atoms with Crippen LogP contribution in [0.4, 0.5) is 0 Å². The van der Waals surface area contributed by atoms with Gasteiger partial charge in [-0.3, -0.25) is 9.59 Å². The minimum atomic E-state index is -0.936. The highest BCUT2D eigenvalue weighted by atomic mass is 16.4. The van der Waals surface area contributed by atoms with Crippen LogP contribution in [0.5, 0.6) is 0 Å². The number of carboxylic acids is 1. The summed E-state index contributed by atoms with van der Waals surface area (Å²) in [6.45, 7) is 4.90. The molecule has 1 aliphatic heterocycles. The number of rotatable bonds is 6. The molecule has 5 heteroatoms. The minimum absolute atomic E-state index is 0.0630. The van der Waals surface area contributed by atoms with Crippen LogP contribution in [0.25, 0.3) is 0 Å². The van der Waals surface area contributed by atoms with E-state index >= 15 is 0 Å². The van der Waals surface area contributed by atoms with E-state index in [-0.39, 0.29) is 24.9 Å². The van der Waals surface area contributed by atoms with Gasteiger partial charge in [0.25, 0.3) is 0 Å². The molecule has 0 aromatic carbocycles. The highest BCUT2D eigenvalue weighted by molar-refractivity contribution is 5.85. The van der Waals surface area contributed by atoms with Gasteiger partial charge in [-0.2, -0.15) is 0 Å². The van der Waals surface area contributed by atoms with E-state index in [0.717, 1.165) is 6.42 Å². The van der Waals surface area contributed by atoms with Crippen LogP contribution in [0.3, 0.4) is 0 Å². The second-order valence-corrected chi connectivity index (χ2v) is 5.15. The van der Waals surface area contributed by atoms with Crippen molar-refractivity contribution < 1.29 is 19.8 Å². The van der Waals surface area contributed by atoms with Crippen LogP contribution in [0.1, 0.15) is 39.5 Å². The Morgan fingerprint density at radius 2 is 1.94 bits per heavy atom. The topological polar surface area (TPSA) is 77.8 Å². The summed E-state index contributed by atoms with van der Waals surface area (Å²) in [6.07, 6.45) is 1.79. The maximum Gasteiger partial charge on any atom is 0.310 e. The fourth-order valence-electron chi connectivity index (χ4n) is 2.49. The normalized spacial score (nSPS) is 20.2. The molecule has 0 aromatic heterocycles. The number of amides is 1. The number of hydrogen-bond donors (Lipinski definition) is 2. The number of aliphatic carboxylic acids is 1. The second-order valence-electron chi connectivity index (χ2n) is 5.15. The molecule has 0 aliphatic carbocycles. The third-order valence-corrected chi connectivity index (χ3v) is 4.19. The average molecular weight is 257 g/mol. The number of nitrogens with zero attached hydrogens (tertiary/aromatic N) is 1. The molecule has 0 aromatic rings. The Bertz CT molecular complexity index is 312. The van der Waals surface area contributed by atoms with Crippen LogP contribution in [0.15, 0.2) is 0 Å². The molecule has 0 spiro atoms. The van der Waals surface area contributed by atoms with Gasteiger partial charge in [-0.05, 0) is 19.3 Å². The number of carboxylic acid groups (broad SMARTS) is 1. The van der Waals surface area contributed by atoms with Crippen molar-refractivity contribution in [2.45, 2.75) is 39.5 Å². The third-order valence-electron chi connectivity index (χ3n) is 4.19. The Kier molecular flexibility index (Phi) is 5.14. The first-order chi connectivity index (χ1) is 8.49. The Hall–Kier alpha value is -1.10. The summed E-state index contributed by atoms with van der Waals surface area (Å²) in [4.78, 5) is 25.2. The van der Waals surface area contributed by atoms with Crippen LogP contribution in [-0.2, 0) is 9.59 Å². The second kappa shape index (κ2) is 6.18. The Morgan fingerprint density at radius 1 is 1.33 bits per heavy atom. The van der Waals surface area contributed by atoms with Crippen LogP contribution >= 0.6 is 0 Å². The molecular weight excluding hydrogens is 234 g/mol. The predicted octanol–water partition coefficient (Wildman–Crippen LogP) is 1.11. The van der Waals surface area contributed by atoms with Crippen molar-refractivity contribution in [2.75, 3.05) is 19.7 Å². The van der Waals surface area contributed by atoms with Gasteiger partial charge in [-0.15, -0.1) is 0 Å². The molecule has 104 valence electrons. The molecule has 1 saturated heterocycles. The molecule has 0 saturated carbocycles. The number of carbonyl (C=O) groups is 2. The van der Waals surface area contributed by atoms with E-state index in [9.17, 15) is 14.7 Å². The summed E-state index contributed by atoms with van der Waals surface area (Å²) < 4.78 is 0. The zero-order valence-electron chi connectivity index (χ0n) is 11.2. The average Bonchev–Trinajstić information content (AvgIpc) is 2.84. The summed E-state index contributed by atoms with van der Waals surface area (Å²) in [6, 6.07) is 0. The van der Waals surface area contributed by atoms with Gasteiger partial charge in [0.1, 0.15) is 0 Å². The highest BCUT2D eigenvalue weighted by Crippen LogP contribution is 2.32. The van der Waals surface area contributed by atoms with Gasteiger partial charge in [0.15, 0.2) is 0 Å². The summed E-state index contributed by atoms with van der Waals surface area (Å²) >= 11 is 0. The van der Waals surface area contributed by atoms with E-state index in [2.05, 4.69) is 0 Å². The van der Waals surface area contributed by atoms with E-state index in [0.29, 0.717) is 25.9 Å². The van der Waals surface area contributed by atoms with Crippen LogP contribution in [0.2, 0.25) is 0 Å². The van der Waals surface area contributed by atoms with Gasteiger partial charge in [0.05, 0.1) is 5.41 Å². The quantitative estimate of drug-likeness (QED) is 0.747. The smallest absolute Gasteiger partial charge is 0.310 e. The molecule has 18 heavy (non-hydrogen) atoms. The van der Waals surface area contributed by atoms with Crippen molar-refractivity contribution in [2.24, 2.45) is 11.3 Å². The lowest BCUT2D eigenvalue weighted by molar-refractivity contribution is -0.154. The van der Waals surface area contributed by atoms with Crippen molar-refractivity contribution in [1.29, 1.82) is 0 Å². The van der Waals surface area contributed by atoms with Crippen molar-refractivity contribution >= 4 is 11.9 Å². The number of hydrogen-bond acceptors (Lipinski definition) is 3. The first-order valence-corrected chi connectivity index (χ1v) is 6.61. The molecule has 1 unspecified atom stereocenters. The molecular formula is C13H23NO4. The Morgan fingerprint density at radius 3 is 2.33 bits per heavy atom. The van der Waals surface area contributed by atoms with Gasteiger partial charge >= 0.3 is 5.97 Å². The van der Waals surface area contributed by atoms with Crippen LogP contribution < -0.4 is 0 Å². The Labute approximate surface area is 108 Å². The van der Waals surface area contributed by atoms with Gasteiger partial charge in [0.2, 0.25) is 5.91 Å². The summed E-state index contributed by atoms with van der Waals surface area (Å²) in [7, 11) is 0. The molecule has 5 nitrogen and oxygen atoms in total. The zero-order chi connectivity index (χ0) is 13.8. The van der Waals surface area contributed by atoms with Gasteiger partial charge < -0.3 is 15.1 Å². The number of aliphatic hydroxyl groups excluding tert-OH is 1. The van der Waals surface area contributed by atoms with Crippen molar-refractivity contribution in [3.8, 4) is 0 Å². The van der Waals surface area contributed by atoms with E-state index in [1.807, 2.05) is 13.8 Å². The number of aliphatic hydroxyl groups is 1. The van der Waals surface area contributed by atoms with Crippen molar-refractivity contribution in [3.63, 3.8) is 0 Å². The first-order valence-electron chi connectivity index (χ1n) is 6.61. The van der Waals surface area contributed by atoms with E-state index in [4.69, 9.17) is 5.11 Å². The van der Waals surface area contributed by atoms with Crippen LogP contribution in [0, 0.1) is 11.3 Å². The highest BCUT2D eigenvalue weighted by Gasteiger charge is 2.39. The van der Waals surface area contributed by atoms with E-state index in [1.165, 1.54) is 0 Å². The molecule has 0 radical (unpaired) electrons. The van der Waals surface area contributed by atoms with Gasteiger partial charge in [-0.25, -0.2) is 0 Å². The molecule has 0 bridgehead atoms. The summed E-state index contributed by atoms with van der Waals surface area (Å²) in [5.41, 5.74) is -0.936. The molecule has 1 rings (SSSR count). The number of likely N-dealkylation sites (tertiary alicyclic amines) is 1. The summed E-state index contributed by atoms with van der Waals surface area (Å²) in [5.74, 6) is -0.841. The zero-order valence-corrected chi connectivity index (χ0v) is 11.2. The van der Waals surface area contributed by atoms with Crippen LogP contribution in [-0.4, -0.2) is 46.7 Å². The molecule has 1 amide bonds. The minimum Gasteiger partial charge on any atom is -0.481 e. The summed E-state index contributed by atoms with van der Waals surface area (Å²) in [5, 5.41) is 18.3. The molecule has 1 aliphatic rings. The van der Waals surface area contributed by atoms with Gasteiger partial charge in [0, 0.05) is 32.0 Å². The Balaban J connectivity index is 2.65. The van der Waals surface area contributed by atoms with Crippen molar-refractivity contribution in [3.05, 3.63) is 0 Å². The SMILES string of the molecule is CCC(CC)(CC(=O)N1CCC(CO)C1)C(=O)O. The number of carbonyl (C=O) groups excluding carboxylic acids is 1. The van der Waals surface area contributed by atoms with E-state index in [1.54, 1.807) is 4.90 Å². The maximum absolute atomic E-state index is 12.1. The first kappa shape index (κ1) is 15.0. The lowest BCUT2D eigenvalue weighted by atomic mass is 9.79. The largest absolute Gasteiger partial charge is 0.481 e. The van der Waals surface area contributed by atoms with E-state index < -0.39 is 11.4 Å². The fourth-order valence-corrected chi connectivity index (χ4v) is 2.49. The molecule has 1 atom stereocenters. The molecule has 1 fully saturated rings. The third kappa shape index (κ3) is 3.02. The molecule has 1 heterocycles. The van der Waals surface area contributed by atoms with Gasteiger partial charge in [-0.1, -0.05) is 13.8 Å². The predicted molar refractivity (Wildman–Crippen MR) is 67.0 cm³/mol. The standard InChI is InChI=1S/C13H23NO4/c1-3-13(4-2,12(17)18)7-11(16)14-6-5-10(8-14)9-15/h10,15H,3-9H2,1-2H3,(H,17,18). The van der Waals surface area contributed by atoms with Crippen molar-refractivity contribution in [1.82, 2.24) is 4.90 Å². The molecule has 2 N–H and O–H groups in total. The lowest BCUT2D eigenvalue weighted by Gasteiger charge is -2.28. The fraction of sp³-hybridized carbons (Fsp3) is 0.846. The monoisotopic (exact) mass is 257 g/mol.